The monoisotopic (exact) mass is 354 g/mol. The predicted molar refractivity (Wildman–Crippen MR) is 70.0 cm³/mol. The highest BCUT2D eigenvalue weighted by atomic mass is 19.3. The predicted octanol–water partition coefficient (Wildman–Crippen LogP) is 5.74. The lowest BCUT2D eigenvalue weighted by molar-refractivity contribution is -0.227. The lowest BCUT2D eigenvalue weighted by Gasteiger charge is -2.28. The van der Waals surface area contributed by atoms with E-state index < -0.39 is 51.8 Å². The molecule has 8 heteroatoms. The summed E-state index contributed by atoms with van der Waals surface area (Å²) in [6.45, 7) is 1.93. The van der Waals surface area contributed by atoms with Crippen LogP contribution in [0.3, 0.4) is 0 Å². The second kappa shape index (κ2) is 5.75. The van der Waals surface area contributed by atoms with Gasteiger partial charge in [0.25, 0.3) is 0 Å². The van der Waals surface area contributed by atoms with Gasteiger partial charge in [-0.3, -0.25) is 0 Å². The van der Waals surface area contributed by atoms with Crippen molar-refractivity contribution in [1.82, 2.24) is 0 Å². The zero-order chi connectivity index (χ0) is 18.4. The van der Waals surface area contributed by atoms with Crippen LogP contribution in [0.1, 0.15) is 22.3 Å². The molecule has 0 fully saturated rings. The highest BCUT2D eigenvalue weighted by molar-refractivity contribution is 5.36. The fourth-order valence-corrected chi connectivity index (χ4v) is 2.20. The van der Waals surface area contributed by atoms with Gasteiger partial charge in [0, 0.05) is 11.1 Å². The first-order valence-electron chi connectivity index (χ1n) is 6.58. The Bertz CT molecular complexity index is 766. The van der Waals surface area contributed by atoms with Crippen LogP contribution in [0.25, 0.3) is 0 Å². The molecule has 0 N–H and O–H groups in total. The average molecular weight is 354 g/mol. The first kappa shape index (κ1) is 18.2. The summed E-state index contributed by atoms with van der Waals surface area (Å²) in [5, 5.41) is 0. The van der Waals surface area contributed by atoms with Gasteiger partial charge >= 0.3 is 11.8 Å². The summed E-state index contributed by atoms with van der Waals surface area (Å²) < 4.78 is 111. The minimum Gasteiger partial charge on any atom is -0.203 e. The molecular weight excluding hydrogens is 344 g/mol. The zero-order valence-electron chi connectivity index (χ0n) is 12.3. The molecule has 0 bridgehead atoms. The van der Waals surface area contributed by atoms with E-state index in [0.29, 0.717) is 19.1 Å². The standard InChI is InChI=1S/C16H10F8/c1-7-4-3-5-9(6-7)15(21,22)16(23,24)10-13(19)11(17)8(2)12(18)14(10)20/h3-6H,1-2H3. The van der Waals surface area contributed by atoms with Crippen LogP contribution in [0.5, 0.6) is 0 Å². The molecule has 24 heavy (non-hydrogen) atoms. The molecule has 130 valence electrons. The molecule has 0 aliphatic heterocycles. The smallest absolute Gasteiger partial charge is 0.203 e. The Balaban J connectivity index is 2.75. The zero-order valence-corrected chi connectivity index (χ0v) is 12.3. The number of hydrogen-bond acceptors (Lipinski definition) is 0. The molecule has 0 saturated heterocycles. The van der Waals surface area contributed by atoms with Gasteiger partial charge in [0.15, 0.2) is 23.3 Å². The molecule has 0 aromatic heterocycles. The van der Waals surface area contributed by atoms with Crippen molar-refractivity contribution in [2.45, 2.75) is 25.7 Å². The highest BCUT2D eigenvalue weighted by Gasteiger charge is 2.61. The van der Waals surface area contributed by atoms with Crippen molar-refractivity contribution in [2.75, 3.05) is 0 Å². The summed E-state index contributed by atoms with van der Waals surface area (Å²) in [5.74, 6) is -20.0. The van der Waals surface area contributed by atoms with Crippen LogP contribution in [0, 0.1) is 37.1 Å². The van der Waals surface area contributed by atoms with E-state index in [0.717, 1.165) is 6.07 Å². The van der Waals surface area contributed by atoms with Crippen molar-refractivity contribution in [3.05, 3.63) is 69.8 Å². The Morgan fingerprint density at radius 1 is 0.708 bits per heavy atom. The Morgan fingerprint density at radius 3 is 1.67 bits per heavy atom. The topological polar surface area (TPSA) is 0 Å². The fourth-order valence-electron chi connectivity index (χ4n) is 2.20. The van der Waals surface area contributed by atoms with Gasteiger partial charge in [-0.25, -0.2) is 17.6 Å². The maximum absolute atomic E-state index is 14.2. The van der Waals surface area contributed by atoms with Gasteiger partial charge < -0.3 is 0 Å². The third-order valence-corrected chi connectivity index (χ3v) is 3.57. The van der Waals surface area contributed by atoms with Gasteiger partial charge in [-0.2, -0.15) is 17.6 Å². The summed E-state index contributed by atoms with van der Waals surface area (Å²) in [7, 11) is 0. The van der Waals surface area contributed by atoms with E-state index in [1.165, 1.54) is 13.0 Å². The molecule has 0 amide bonds. The number of rotatable bonds is 3. The fraction of sp³-hybridized carbons (Fsp3) is 0.250. The molecule has 0 heterocycles. The van der Waals surface area contributed by atoms with E-state index in [4.69, 9.17) is 0 Å². The van der Waals surface area contributed by atoms with Crippen LogP contribution in [-0.4, -0.2) is 0 Å². The van der Waals surface area contributed by atoms with Gasteiger partial charge in [0.1, 0.15) is 5.56 Å². The first-order chi connectivity index (χ1) is 10.9. The first-order valence-corrected chi connectivity index (χ1v) is 6.58. The Morgan fingerprint density at radius 2 is 1.21 bits per heavy atom. The van der Waals surface area contributed by atoms with Crippen LogP contribution >= 0.6 is 0 Å². The normalized spacial score (nSPS) is 12.6. The molecule has 0 spiro atoms. The van der Waals surface area contributed by atoms with Crippen LogP contribution in [0.15, 0.2) is 24.3 Å². The van der Waals surface area contributed by atoms with E-state index in [1.54, 1.807) is 0 Å². The average Bonchev–Trinajstić information content (AvgIpc) is 2.50. The summed E-state index contributed by atoms with van der Waals surface area (Å²) in [4.78, 5) is 0. The van der Waals surface area contributed by atoms with Crippen molar-refractivity contribution < 1.29 is 35.1 Å². The molecule has 0 saturated carbocycles. The Labute approximate surface area is 131 Å². The largest absolute Gasteiger partial charge is 0.345 e. The lowest BCUT2D eigenvalue weighted by Crippen LogP contribution is -2.38. The summed E-state index contributed by atoms with van der Waals surface area (Å²) in [6.07, 6.45) is 0. The lowest BCUT2D eigenvalue weighted by atomic mass is 9.93. The van der Waals surface area contributed by atoms with Gasteiger partial charge in [-0.1, -0.05) is 23.8 Å². The molecule has 0 atom stereocenters. The Kier molecular flexibility index (Phi) is 4.37. The van der Waals surface area contributed by atoms with Crippen molar-refractivity contribution in [2.24, 2.45) is 0 Å². The van der Waals surface area contributed by atoms with Crippen LogP contribution in [-0.2, 0) is 11.8 Å². The molecule has 0 aliphatic carbocycles. The van der Waals surface area contributed by atoms with Crippen molar-refractivity contribution in [1.29, 1.82) is 0 Å². The van der Waals surface area contributed by atoms with Gasteiger partial charge in [0.05, 0.1) is 0 Å². The molecule has 2 aromatic rings. The van der Waals surface area contributed by atoms with E-state index in [1.807, 2.05) is 0 Å². The number of hydrogen-bond donors (Lipinski definition) is 0. The SMILES string of the molecule is Cc1cccc(C(F)(F)C(F)(F)c2c(F)c(F)c(C)c(F)c2F)c1. The second-order valence-corrected chi connectivity index (χ2v) is 5.27. The molecular formula is C16H10F8. The van der Waals surface area contributed by atoms with Crippen LogP contribution in [0.2, 0.25) is 0 Å². The summed E-state index contributed by atoms with van der Waals surface area (Å²) in [5.41, 5.74) is -4.92. The maximum atomic E-state index is 14.2. The number of halogens is 8. The van der Waals surface area contributed by atoms with Crippen LogP contribution < -0.4 is 0 Å². The van der Waals surface area contributed by atoms with E-state index >= 15 is 0 Å². The summed E-state index contributed by atoms with van der Waals surface area (Å²) >= 11 is 0. The molecule has 0 aliphatic rings. The third-order valence-electron chi connectivity index (χ3n) is 3.57. The molecule has 2 rings (SSSR count). The molecule has 2 aromatic carbocycles. The molecule has 0 unspecified atom stereocenters. The van der Waals surface area contributed by atoms with E-state index in [9.17, 15) is 35.1 Å². The number of alkyl halides is 4. The van der Waals surface area contributed by atoms with Crippen molar-refractivity contribution >= 4 is 0 Å². The molecule has 0 radical (unpaired) electrons. The minimum atomic E-state index is -5.52. The number of aryl methyl sites for hydroxylation is 1. The van der Waals surface area contributed by atoms with E-state index in [-0.39, 0.29) is 5.56 Å². The maximum Gasteiger partial charge on any atom is 0.345 e. The van der Waals surface area contributed by atoms with Gasteiger partial charge in [-0.15, -0.1) is 0 Å². The number of benzene rings is 2. The van der Waals surface area contributed by atoms with Crippen molar-refractivity contribution in [3.8, 4) is 0 Å². The van der Waals surface area contributed by atoms with Gasteiger partial charge in [-0.05, 0) is 19.9 Å². The van der Waals surface area contributed by atoms with E-state index in [2.05, 4.69) is 0 Å². The quantitative estimate of drug-likeness (QED) is 0.487. The molecule has 0 nitrogen and oxygen atoms in total. The third kappa shape index (κ3) is 2.53. The van der Waals surface area contributed by atoms with Crippen LogP contribution in [0.4, 0.5) is 35.1 Å². The summed E-state index contributed by atoms with van der Waals surface area (Å²) in [6, 6.07) is 3.68. The highest BCUT2D eigenvalue weighted by Crippen LogP contribution is 2.51. The minimum absolute atomic E-state index is 0.185. The van der Waals surface area contributed by atoms with Crippen molar-refractivity contribution in [3.63, 3.8) is 0 Å². The second-order valence-electron chi connectivity index (χ2n) is 5.27. The Hall–Kier alpha value is -2.12. The van der Waals surface area contributed by atoms with Gasteiger partial charge in [0.2, 0.25) is 0 Å².